The van der Waals surface area contributed by atoms with Gasteiger partial charge in [-0.2, -0.15) is 0 Å². The molecule has 1 N–H and O–H groups in total. The smallest absolute Gasteiger partial charge is 0.156 e. The van der Waals surface area contributed by atoms with Crippen LogP contribution in [0.1, 0.15) is 6.42 Å². The van der Waals surface area contributed by atoms with Crippen molar-refractivity contribution in [1.82, 2.24) is 4.90 Å². The first-order chi connectivity index (χ1) is 15.0. The van der Waals surface area contributed by atoms with E-state index in [4.69, 9.17) is 49.0 Å². The molecular formula is C22H26Cl3NO4S. The van der Waals surface area contributed by atoms with Gasteiger partial charge in [-0.1, -0.05) is 35.0 Å². The minimum absolute atomic E-state index is 0.0311. The van der Waals surface area contributed by atoms with Crippen molar-refractivity contribution in [2.45, 2.75) is 22.3 Å². The maximum absolute atomic E-state index is 9.54. The Balaban J connectivity index is 1.47. The molecule has 0 aliphatic carbocycles. The molecule has 0 saturated carbocycles. The van der Waals surface area contributed by atoms with E-state index >= 15 is 0 Å². The number of morpholine rings is 1. The lowest BCUT2D eigenvalue weighted by Crippen LogP contribution is -2.37. The minimum atomic E-state index is -0.775. The molecule has 1 atom stereocenters. The fourth-order valence-corrected chi connectivity index (χ4v) is 4.71. The van der Waals surface area contributed by atoms with Gasteiger partial charge in [-0.15, -0.1) is 11.6 Å². The summed E-state index contributed by atoms with van der Waals surface area (Å²) in [5.74, 6) is 1.28. The zero-order valence-electron chi connectivity index (χ0n) is 17.1. The Morgan fingerprint density at radius 2 is 1.71 bits per heavy atom. The summed E-state index contributed by atoms with van der Waals surface area (Å²) in [6, 6.07) is 11.5. The first-order valence-corrected chi connectivity index (χ1v) is 12.2. The Bertz CT molecular complexity index is 796. The molecule has 0 bridgehead atoms. The number of benzene rings is 2. The van der Waals surface area contributed by atoms with Gasteiger partial charge in [-0.25, -0.2) is 0 Å². The molecule has 2 aromatic rings. The number of halogens is 3. The fraction of sp³-hybridized carbons (Fsp3) is 0.455. The highest BCUT2D eigenvalue weighted by Gasteiger charge is 2.13. The summed E-state index contributed by atoms with van der Waals surface area (Å²) in [4.78, 5) is 4.33. The van der Waals surface area contributed by atoms with Gasteiger partial charge in [0.15, 0.2) is 5.75 Å². The summed E-state index contributed by atoms with van der Waals surface area (Å²) in [7, 11) is 0. The maximum atomic E-state index is 9.54. The quantitative estimate of drug-likeness (QED) is 0.333. The minimum Gasteiger partial charge on any atom is -0.494 e. The second-order valence-electron chi connectivity index (χ2n) is 7.06. The average molecular weight is 507 g/mol. The number of aliphatic hydroxyl groups excluding tert-OH is 1. The second kappa shape index (κ2) is 13.0. The molecule has 3 rings (SSSR count). The van der Waals surface area contributed by atoms with Crippen molar-refractivity contribution in [3.8, 4) is 11.5 Å². The van der Waals surface area contributed by atoms with E-state index in [0.717, 1.165) is 54.8 Å². The third kappa shape index (κ3) is 8.21. The lowest BCUT2D eigenvalue weighted by atomic mass is 10.3. The summed E-state index contributed by atoms with van der Waals surface area (Å²) in [6.07, 6.45) is 0.215. The van der Waals surface area contributed by atoms with Crippen molar-refractivity contribution in [3.63, 3.8) is 0 Å². The molecule has 1 unspecified atom stereocenters. The Morgan fingerprint density at radius 3 is 2.35 bits per heavy atom. The third-order valence-electron chi connectivity index (χ3n) is 4.62. The lowest BCUT2D eigenvalue weighted by Gasteiger charge is -2.26. The molecule has 1 aliphatic heterocycles. The number of aliphatic hydroxyl groups is 1. The largest absolute Gasteiger partial charge is 0.494 e. The number of hydrogen-bond acceptors (Lipinski definition) is 6. The van der Waals surface area contributed by atoms with E-state index in [1.165, 1.54) is 0 Å². The van der Waals surface area contributed by atoms with Gasteiger partial charge in [0.1, 0.15) is 18.5 Å². The van der Waals surface area contributed by atoms with Crippen LogP contribution >= 0.6 is 46.6 Å². The second-order valence-corrected chi connectivity index (χ2v) is 9.33. The molecule has 2 aromatic carbocycles. The summed E-state index contributed by atoms with van der Waals surface area (Å²) >= 11 is 19.7. The van der Waals surface area contributed by atoms with Crippen LogP contribution in [0.2, 0.25) is 10.0 Å². The number of ether oxygens (including phenoxy) is 3. The van der Waals surface area contributed by atoms with Crippen molar-refractivity contribution in [2.75, 3.05) is 51.9 Å². The van der Waals surface area contributed by atoms with Gasteiger partial charge >= 0.3 is 0 Å². The number of rotatable bonds is 11. The van der Waals surface area contributed by atoms with Crippen LogP contribution in [0, 0.1) is 0 Å². The Labute approximate surface area is 202 Å². The molecule has 5 nitrogen and oxygen atoms in total. The van der Waals surface area contributed by atoms with Gasteiger partial charge in [0.25, 0.3) is 0 Å². The third-order valence-corrected chi connectivity index (χ3v) is 6.52. The van der Waals surface area contributed by atoms with Gasteiger partial charge in [0.2, 0.25) is 0 Å². The van der Waals surface area contributed by atoms with E-state index < -0.39 is 6.10 Å². The molecule has 0 radical (unpaired) electrons. The zero-order chi connectivity index (χ0) is 22.1. The molecule has 170 valence electrons. The van der Waals surface area contributed by atoms with Crippen LogP contribution < -0.4 is 9.47 Å². The van der Waals surface area contributed by atoms with Crippen LogP contribution in [0.4, 0.5) is 0 Å². The van der Waals surface area contributed by atoms with E-state index in [0.29, 0.717) is 22.4 Å². The van der Waals surface area contributed by atoms with E-state index in [1.54, 1.807) is 23.9 Å². The Hall–Kier alpha value is -0.860. The molecule has 31 heavy (non-hydrogen) atoms. The number of nitrogens with zero attached hydrogens (tertiary/aromatic N) is 1. The van der Waals surface area contributed by atoms with E-state index in [1.807, 2.05) is 24.3 Å². The van der Waals surface area contributed by atoms with Gasteiger partial charge in [0.05, 0.1) is 35.7 Å². The fourth-order valence-electron chi connectivity index (χ4n) is 3.00. The predicted molar refractivity (Wildman–Crippen MR) is 127 cm³/mol. The van der Waals surface area contributed by atoms with E-state index in [-0.39, 0.29) is 12.5 Å². The molecule has 1 fully saturated rings. The van der Waals surface area contributed by atoms with Crippen LogP contribution in [0.15, 0.2) is 46.2 Å². The van der Waals surface area contributed by atoms with Crippen LogP contribution in [0.25, 0.3) is 0 Å². The van der Waals surface area contributed by atoms with Crippen molar-refractivity contribution in [1.29, 1.82) is 0 Å². The normalized spacial score (nSPS) is 15.6. The first kappa shape index (κ1) is 24.8. The van der Waals surface area contributed by atoms with Crippen LogP contribution in [0.5, 0.6) is 11.5 Å². The monoisotopic (exact) mass is 505 g/mol. The van der Waals surface area contributed by atoms with Crippen molar-refractivity contribution < 1.29 is 19.3 Å². The highest BCUT2D eigenvalue weighted by atomic mass is 35.5. The molecular weight excluding hydrogens is 481 g/mol. The predicted octanol–water partition coefficient (Wildman–Crippen LogP) is 5.22. The summed E-state index contributed by atoms with van der Waals surface area (Å²) < 4.78 is 16.7. The van der Waals surface area contributed by atoms with Crippen LogP contribution in [0.3, 0.4) is 0 Å². The van der Waals surface area contributed by atoms with E-state index in [2.05, 4.69) is 4.90 Å². The highest BCUT2D eigenvalue weighted by molar-refractivity contribution is 7.99. The highest BCUT2D eigenvalue weighted by Crippen LogP contribution is 2.39. The summed E-state index contributed by atoms with van der Waals surface area (Å²) in [5.41, 5.74) is 0. The van der Waals surface area contributed by atoms with Gasteiger partial charge in [-0.3, -0.25) is 4.90 Å². The van der Waals surface area contributed by atoms with Crippen LogP contribution in [-0.4, -0.2) is 68.1 Å². The lowest BCUT2D eigenvalue weighted by molar-refractivity contribution is 0.0358. The Morgan fingerprint density at radius 1 is 1.03 bits per heavy atom. The molecule has 0 amide bonds. The van der Waals surface area contributed by atoms with Gasteiger partial charge in [0, 0.05) is 29.4 Å². The number of hydrogen-bond donors (Lipinski definition) is 1. The SMILES string of the molecule is OC(CCl)COc1c(Cl)cc(Sc2ccc(OCCCN3CCOCC3)cc2)cc1Cl. The molecule has 1 heterocycles. The average Bonchev–Trinajstić information content (AvgIpc) is 2.78. The molecule has 0 aromatic heterocycles. The van der Waals surface area contributed by atoms with Crippen molar-refractivity contribution >= 4 is 46.6 Å². The molecule has 0 spiro atoms. The first-order valence-electron chi connectivity index (χ1n) is 10.1. The Kier molecular flexibility index (Phi) is 10.4. The maximum Gasteiger partial charge on any atom is 0.156 e. The van der Waals surface area contributed by atoms with Crippen molar-refractivity contribution in [3.05, 3.63) is 46.4 Å². The van der Waals surface area contributed by atoms with E-state index in [9.17, 15) is 5.11 Å². The zero-order valence-corrected chi connectivity index (χ0v) is 20.2. The standard InChI is InChI=1S/C22H26Cl3NO4S/c23-14-16(27)15-30-22-20(24)12-19(13-21(22)25)31-18-4-2-17(3-5-18)29-9-1-6-26-7-10-28-11-8-26/h2-5,12-13,16,27H,1,6-11,14-15H2. The van der Waals surface area contributed by atoms with Gasteiger partial charge < -0.3 is 19.3 Å². The topological polar surface area (TPSA) is 51.2 Å². The molecule has 1 saturated heterocycles. The summed E-state index contributed by atoms with van der Waals surface area (Å²) in [6.45, 7) is 5.40. The van der Waals surface area contributed by atoms with Crippen LogP contribution in [-0.2, 0) is 4.74 Å². The van der Waals surface area contributed by atoms with Gasteiger partial charge in [-0.05, 0) is 42.8 Å². The molecule has 1 aliphatic rings. The summed E-state index contributed by atoms with van der Waals surface area (Å²) in [5, 5.41) is 10.3. The molecule has 9 heteroatoms. The number of alkyl halides is 1. The van der Waals surface area contributed by atoms with Crippen molar-refractivity contribution in [2.24, 2.45) is 0 Å².